The van der Waals surface area contributed by atoms with Crippen molar-refractivity contribution in [1.82, 2.24) is 20.6 Å². The lowest BCUT2D eigenvalue weighted by Gasteiger charge is -2.20. The van der Waals surface area contributed by atoms with Gasteiger partial charge in [-0.15, -0.1) is 22.0 Å². The van der Waals surface area contributed by atoms with Gasteiger partial charge in [-0.25, -0.2) is 0 Å². The lowest BCUT2D eigenvalue weighted by molar-refractivity contribution is 0.101. The highest BCUT2D eigenvalue weighted by Crippen LogP contribution is 2.22. The average Bonchev–Trinajstić information content (AvgIpc) is 2.69. The van der Waals surface area contributed by atoms with E-state index in [9.17, 15) is 0 Å². The van der Waals surface area contributed by atoms with Crippen LogP contribution in [0.5, 0.6) is 0 Å². The summed E-state index contributed by atoms with van der Waals surface area (Å²) in [7, 11) is 0. The molecular formula is C7H12N4OS. The second kappa shape index (κ2) is 4.57. The number of hydrogen-bond donors (Lipinski definition) is 1. The number of nitrogens with zero attached hydrogens (tertiary/aromatic N) is 3. The first-order valence-electron chi connectivity index (χ1n) is 4.37. The van der Waals surface area contributed by atoms with Crippen LogP contribution in [0.15, 0.2) is 0 Å². The van der Waals surface area contributed by atoms with E-state index >= 15 is 0 Å². The fourth-order valence-corrected chi connectivity index (χ4v) is 2.31. The van der Waals surface area contributed by atoms with Crippen molar-refractivity contribution in [1.29, 1.82) is 0 Å². The maximum absolute atomic E-state index is 5.37. The fraction of sp³-hybridized carbons (Fsp3) is 0.857. The number of ether oxygens (including phenoxy) is 1. The van der Waals surface area contributed by atoms with Gasteiger partial charge < -0.3 is 4.74 Å². The van der Waals surface area contributed by atoms with Crippen molar-refractivity contribution >= 4 is 11.8 Å². The van der Waals surface area contributed by atoms with Crippen LogP contribution in [0, 0.1) is 0 Å². The maximum atomic E-state index is 5.37. The van der Waals surface area contributed by atoms with Gasteiger partial charge in [-0.3, -0.25) is 0 Å². The molecule has 0 aromatic carbocycles. The number of H-pyrrole nitrogens is 1. The zero-order chi connectivity index (χ0) is 8.93. The predicted octanol–water partition coefficient (Wildman–Crippen LogP) is 0.612. The van der Waals surface area contributed by atoms with Crippen molar-refractivity contribution in [3.8, 4) is 0 Å². The Balaban J connectivity index is 1.72. The Labute approximate surface area is 80.6 Å². The molecule has 0 spiro atoms. The minimum absolute atomic E-state index is 0.604. The Bertz CT molecular complexity index is 235. The Hall–Kier alpha value is -0.620. The molecule has 1 atom stereocenters. The van der Waals surface area contributed by atoms with Gasteiger partial charge in [0.2, 0.25) is 0 Å². The smallest absolute Gasteiger partial charge is 0.184 e. The SMILES string of the molecule is C1COCC(SCc2nn[nH]n2)C1. The zero-order valence-electron chi connectivity index (χ0n) is 7.27. The number of thioether (sulfide) groups is 1. The molecule has 2 heterocycles. The third-order valence-corrected chi connectivity index (χ3v) is 3.22. The quantitative estimate of drug-likeness (QED) is 0.774. The molecule has 1 unspecified atom stereocenters. The summed E-state index contributed by atoms with van der Waals surface area (Å²) in [6.45, 7) is 1.78. The molecule has 0 bridgehead atoms. The monoisotopic (exact) mass is 200 g/mol. The summed E-state index contributed by atoms with van der Waals surface area (Å²) in [4.78, 5) is 0. The molecule has 1 saturated heterocycles. The zero-order valence-corrected chi connectivity index (χ0v) is 8.09. The highest BCUT2D eigenvalue weighted by Gasteiger charge is 2.14. The topological polar surface area (TPSA) is 63.7 Å². The Morgan fingerprint density at radius 2 is 2.62 bits per heavy atom. The molecule has 1 fully saturated rings. The largest absolute Gasteiger partial charge is 0.380 e. The average molecular weight is 200 g/mol. The van der Waals surface area contributed by atoms with E-state index in [0.717, 1.165) is 24.8 Å². The Morgan fingerprint density at radius 1 is 1.62 bits per heavy atom. The van der Waals surface area contributed by atoms with Gasteiger partial charge in [0, 0.05) is 11.9 Å². The molecule has 0 saturated carbocycles. The van der Waals surface area contributed by atoms with Crippen LogP contribution in [0.2, 0.25) is 0 Å². The lowest BCUT2D eigenvalue weighted by Crippen LogP contribution is -2.19. The normalized spacial score (nSPS) is 23.2. The number of rotatable bonds is 3. The van der Waals surface area contributed by atoms with Crippen molar-refractivity contribution < 1.29 is 4.74 Å². The van der Waals surface area contributed by atoms with Crippen LogP contribution < -0.4 is 0 Å². The second-order valence-corrected chi connectivity index (χ2v) is 4.27. The van der Waals surface area contributed by atoms with E-state index < -0.39 is 0 Å². The van der Waals surface area contributed by atoms with Crippen LogP contribution >= 0.6 is 11.8 Å². The summed E-state index contributed by atoms with van der Waals surface area (Å²) in [5, 5.41) is 14.3. The summed E-state index contributed by atoms with van der Waals surface area (Å²) in [6.07, 6.45) is 2.41. The summed E-state index contributed by atoms with van der Waals surface area (Å²) in [5.74, 6) is 1.60. The van der Waals surface area contributed by atoms with E-state index in [1.54, 1.807) is 0 Å². The van der Waals surface area contributed by atoms with Crippen LogP contribution in [0.3, 0.4) is 0 Å². The van der Waals surface area contributed by atoms with Gasteiger partial charge in [0.25, 0.3) is 0 Å². The first-order valence-corrected chi connectivity index (χ1v) is 5.41. The highest BCUT2D eigenvalue weighted by atomic mass is 32.2. The summed E-state index contributed by atoms with van der Waals surface area (Å²) < 4.78 is 5.37. The summed E-state index contributed by atoms with van der Waals surface area (Å²) in [6, 6.07) is 0. The lowest BCUT2D eigenvalue weighted by atomic mass is 10.2. The molecule has 6 heteroatoms. The molecule has 1 aliphatic rings. The van der Waals surface area contributed by atoms with Gasteiger partial charge in [-0.2, -0.15) is 5.21 Å². The van der Waals surface area contributed by atoms with Gasteiger partial charge in [0.15, 0.2) is 5.82 Å². The Morgan fingerprint density at radius 3 is 3.31 bits per heavy atom. The number of nitrogens with one attached hydrogen (secondary N) is 1. The highest BCUT2D eigenvalue weighted by molar-refractivity contribution is 7.99. The number of aromatic amines is 1. The van der Waals surface area contributed by atoms with Gasteiger partial charge in [0.1, 0.15) is 0 Å². The first kappa shape index (κ1) is 8.96. The van der Waals surface area contributed by atoms with Gasteiger partial charge in [-0.1, -0.05) is 5.21 Å². The van der Waals surface area contributed by atoms with E-state index in [4.69, 9.17) is 4.74 Å². The van der Waals surface area contributed by atoms with Gasteiger partial charge >= 0.3 is 0 Å². The van der Waals surface area contributed by atoms with Crippen molar-refractivity contribution in [2.45, 2.75) is 23.8 Å². The molecule has 5 nitrogen and oxygen atoms in total. The molecular weight excluding hydrogens is 188 g/mol. The number of tetrazole rings is 1. The van der Waals surface area contributed by atoms with Crippen molar-refractivity contribution in [3.05, 3.63) is 5.82 Å². The van der Waals surface area contributed by atoms with Crippen molar-refractivity contribution in [2.75, 3.05) is 13.2 Å². The third-order valence-electron chi connectivity index (χ3n) is 1.96. The molecule has 1 aromatic rings. The second-order valence-electron chi connectivity index (χ2n) is 2.98. The minimum Gasteiger partial charge on any atom is -0.380 e. The van der Waals surface area contributed by atoms with Crippen LogP contribution in [0.25, 0.3) is 0 Å². The minimum atomic E-state index is 0.604. The van der Waals surface area contributed by atoms with E-state index in [2.05, 4.69) is 20.6 Å². The molecule has 2 rings (SSSR count). The van der Waals surface area contributed by atoms with E-state index in [0.29, 0.717) is 5.25 Å². The van der Waals surface area contributed by atoms with Crippen LogP contribution in [-0.4, -0.2) is 39.1 Å². The number of hydrogen-bond acceptors (Lipinski definition) is 5. The number of aromatic nitrogens is 4. The molecule has 1 N–H and O–H groups in total. The van der Waals surface area contributed by atoms with Crippen molar-refractivity contribution in [2.24, 2.45) is 0 Å². The Kier molecular flexibility index (Phi) is 3.15. The van der Waals surface area contributed by atoms with E-state index in [1.807, 2.05) is 11.8 Å². The fourth-order valence-electron chi connectivity index (χ4n) is 1.28. The summed E-state index contributed by atoms with van der Waals surface area (Å²) >= 11 is 1.85. The molecule has 0 radical (unpaired) electrons. The third kappa shape index (κ3) is 2.67. The standard InChI is InChI=1S/C7H12N4OS/c1-2-6(4-12-3-1)13-5-7-8-10-11-9-7/h6H,1-5H2,(H,8,9,10,11). The molecule has 13 heavy (non-hydrogen) atoms. The summed E-state index contributed by atoms with van der Waals surface area (Å²) in [5.41, 5.74) is 0. The molecule has 72 valence electrons. The maximum Gasteiger partial charge on any atom is 0.184 e. The van der Waals surface area contributed by atoms with E-state index in [-0.39, 0.29) is 0 Å². The molecule has 1 aromatic heterocycles. The van der Waals surface area contributed by atoms with Crippen LogP contribution in [-0.2, 0) is 10.5 Å². The van der Waals surface area contributed by atoms with Crippen LogP contribution in [0.1, 0.15) is 18.7 Å². The predicted molar refractivity (Wildman–Crippen MR) is 49.3 cm³/mol. The first-order chi connectivity index (χ1) is 6.45. The van der Waals surface area contributed by atoms with Crippen molar-refractivity contribution in [3.63, 3.8) is 0 Å². The molecule has 0 amide bonds. The van der Waals surface area contributed by atoms with Gasteiger partial charge in [0.05, 0.1) is 12.4 Å². The molecule has 1 aliphatic heterocycles. The molecule has 0 aliphatic carbocycles. The van der Waals surface area contributed by atoms with Crippen LogP contribution in [0.4, 0.5) is 0 Å². The van der Waals surface area contributed by atoms with E-state index in [1.165, 1.54) is 12.8 Å². The van der Waals surface area contributed by atoms with Gasteiger partial charge in [-0.05, 0) is 12.8 Å².